The molecule has 4 heteroatoms. The first-order chi connectivity index (χ1) is 10.1. The second kappa shape index (κ2) is 5.56. The lowest BCUT2D eigenvalue weighted by Gasteiger charge is -2.25. The van der Waals surface area contributed by atoms with Crippen molar-refractivity contribution in [3.05, 3.63) is 58.9 Å². The van der Waals surface area contributed by atoms with Crippen molar-refractivity contribution in [3.63, 3.8) is 0 Å². The standard InChI is InChI=1S/C17H18N2O2/c1-12-9-16(15(10-18-12)17(20)21)19-8-4-7-13-5-2-3-6-14(13)11-19/h2-3,5-6,9-10H,4,7-8,11H2,1H3,(H,20,21). The van der Waals surface area contributed by atoms with Crippen molar-refractivity contribution in [1.29, 1.82) is 0 Å². The van der Waals surface area contributed by atoms with E-state index in [4.69, 9.17) is 0 Å². The number of aryl methyl sites for hydroxylation is 2. The van der Waals surface area contributed by atoms with Gasteiger partial charge in [-0.15, -0.1) is 0 Å². The van der Waals surface area contributed by atoms with E-state index in [-0.39, 0.29) is 5.56 Å². The third kappa shape index (κ3) is 2.75. The molecule has 0 amide bonds. The van der Waals surface area contributed by atoms with Crippen molar-refractivity contribution in [1.82, 2.24) is 4.98 Å². The van der Waals surface area contributed by atoms with Gasteiger partial charge in [-0.05, 0) is 37.0 Å². The predicted molar refractivity (Wildman–Crippen MR) is 81.7 cm³/mol. The van der Waals surface area contributed by atoms with E-state index in [1.165, 1.54) is 17.3 Å². The highest BCUT2D eigenvalue weighted by Gasteiger charge is 2.20. The molecule has 1 aromatic carbocycles. The first-order valence-electron chi connectivity index (χ1n) is 7.17. The number of anilines is 1. The summed E-state index contributed by atoms with van der Waals surface area (Å²) in [5.41, 5.74) is 4.53. The Balaban J connectivity index is 2.01. The number of hydrogen-bond acceptors (Lipinski definition) is 3. The van der Waals surface area contributed by atoms with Crippen LogP contribution in [0.1, 0.15) is 33.6 Å². The van der Waals surface area contributed by atoms with E-state index in [2.05, 4.69) is 28.1 Å². The summed E-state index contributed by atoms with van der Waals surface area (Å²) in [6.07, 6.45) is 3.53. The Morgan fingerprint density at radius 3 is 2.81 bits per heavy atom. The molecule has 0 unspecified atom stereocenters. The summed E-state index contributed by atoms with van der Waals surface area (Å²) < 4.78 is 0. The largest absolute Gasteiger partial charge is 0.478 e. The van der Waals surface area contributed by atoms with Gasteiger partial charge in [0.25, 0.3) is 0 Å². The molecule has 0 radical (unpaired) electrons. The molecule has 2 aromatic rings. The van der Waals surface area contributed by atoms with E-state index in [0.29, 0.717) is 0 Å². The molecule has 3 rings (SSSR count). The molecule has 0 spiro atoms. The van der Waals surface area contributed by atoms with Crippen molar-refractivity contribution >= 4 is 11.7 Å². The number of carbonyl (C=O) groups is 1. The predicted octanol–water partition coefficient (Wildman–Crippen LogP) is 3.04. The van der Waals surface area contributed by atoms with Gasteiger partial charge in [-0.2, -0.15) is 0 Å². The average molecular weight is 282 g/mol. The second-order valence-corrected chi connectivity index (χ2v) is 5.44. The Labute approximate surface area is 124 Å². The molecule has 1 aliphatic rings. The average Bonchev–Trinajstić information content (AvgIpc) is 2.68. The zero-order valence-electron chi connectivity index (χ0n) is 12.0. The number of aromatic nitrogens is 1. The third-order valence-corrected chi connectivity index (χ3v) is 3.94. The van der Waals surface area contributed by atoms with Gasteiger partial charge in [-0.25, -0.2) is 4.79 Å². The number of rotatable bonds is 2. The minimum Gasteiger partial charge on any atom is -0.478 e. The molecule has 2 heterocycles. The van der Waals surface area contributed by atoms with Crippen molar-refractivity contribution in [2.24, 2.45) is 0 Å². The summed E-state index contributed by atoms with van der Waals surface area (Å²) >= 11 is 0. The van der Waals surface area contributed by atoms with Crippen LogP contribution >= 0.6 is 0 Å². The van der Waals surface area contributed by atoms with E-state index in [0.717, 1.165) is 37.3 Å². The van der Waals surface area contributed by atoms with Crippen LogP contribution in [0, 0.1) is 6.92 Å². The second-order valence-electron chi connectivity index (χ2n) is 5.44. The summed E-state index contributed by atoms with van der Waals surface area (Å²) in [6, 6.07) is 10.3. The minimum absolute atomic E-state index is 0.278. The number of carboxylic acids is 1. The summed E-state index contributed by atoms with van der Waals surface area (Å²) in [5.74, 6) is -0.921. The fourth-order valence-electron chi connectivity index (χ4n) is 2.88. The molecule has 1 aromatic heterocycles. The Bertz CT molecular complexity index is 682. The van der Waals surface area contributed by atoms with Crippen molar-refractivity contribution < 1.29 is 9.90 Å². The van der Waals surface area contributed by atoms with Crippen molar-refractivity contribution in [2.45, 2.75) is 26.3 Å². The highest BCUT2D eigenvalue weighted by atomic mass is 16.4. The van der Waals surface area contributed by atoms with Crippen LogP contribution in [-0.4, -0.2) is 22.6 Å². The smallest absolute Gasteiger partial charge is 0.339 e. The zero-order valence-corrected chi connectivity index (χ0v) is 12.0. The van der Waals surface area contributed by atoms with E-state index in [1.807, 2.05) is 19.1 Å². The molecule has 21 heavy (non-hydrogen) atoms. The van der Waals surface area contributed by atoms with E-state index < -0.39 is 5.97 Å². The molecule has 0 saturated carbocycles. The third-order valence-electron chi connectivity index (χ3n) is 3.94. The lowest BCUT2D eigenvalue weighted by Crippen LogP contribution is -2.25. The molecular weight excluding hydrogens is 264 g/mol. The molecule has 1 N–H and O–H groups in total. The molecule has 1 aliphatic heterocycles. The molecule has 0 aliphatic carbocycles. The number of hydrogen-bond donors (Lipinski definition) is 1. The van der Waals surface area contributed by atoms with Crippen LogP contribution in [0.2, 0.25) is 0 Å². The molecular formula is C17H18N2O2. The number of benzene rings is 1. The topological polar surface area (TPSA) is 53.4 Å². The van der Waals surface area contributed by atoms with Gasteiger partial charge in [-0.1, -0.05) is 24.3 Å². The normalized spacial score (nSPS) is 14.4. The van der Waals surface area contributed by atoms with E-state index in [1.54, 1.807) is 0 Å². The molecule has 4 nitrogen and oxygen atoms in total. The van der Waals surface area contributed by atoms with Gasteiger partial charge in [0.2, 0.25) is 0 Å². The number of pyridine rings is 1. The van der Waals surface area contributed by atoms with Gasteiger partial charge in [0, 0.05) is 25.0 Å². The number of nitrogens with zero attached hydrogens (tertiary/aromatic N) is 2. The highest BCUT2D eigenvalue weighted by Crippen LogP contribution is 2.27. The molecule has 0 fully saturated rings. The van der Waals surface area contributed by atoms with Crippen molar-refractivity contribution in [3.8, 4) is 0 Å². The lowest BCUT2D eigenvalue weighted by molar-refractivity contribution is 0.0697. The molecule has 0 saturated heterocycles. The van der Waals surface area contributed by atoms with Crippen LogP contribution < -0.4 is 4.90 Å². The summed E-state index contributed by atoms with van der Waals surface area (Å²) in [5, 5.41) is 9.39. The van der Waals surface area contributed by atoms with Gasteiger partial charge in [0.1, 0.15) is 5.56 Å². The highest BCUT2D eigenvalue weighted by molar-refractivity contribution is 5.94. The van der Waals surface area contributed by atoms with E-state index >= 15 is 0 Å². The fourth-order valence-corrected chi connectivity index (χ4v) is 2.88. The maximum Gasteiger partial charge on any atom is 0.339 e. The quantitative estimate of drug-likeness (QED) is 0.920. The first kappa shape index (κ1) is 13.6. The Kier molecular flexibility index (Phi) is 3.60. The summed E-state index contributed by atoms with van der Waals surface area (Å²) in [6.45, 7) is 3.50. The number of aromatic carboxylic acids is 1. The Hall–Kier alpha value is -2.36. The lowest BCUT2D eigenvalue weighted by atomic mass is 10.0. The minimum atomic E-state index is -0.921. The SMILES string of the molecule is Cc1cc(N2CCCc3ccccc3C2)c(C(=O)O)cn1. The zero-order chi connectivity index (χ0) is 14.8. The van der Waals surface area contributed by atoms with Crippen LogP contribution in [-0.2, 0) is 13.0 Å². The van der Waals surface area contributed by atoms with Gasteiger partial charge < -0.3 is 10.0 Å². The fraction of sp³-hybridized carbons (Fsp3) is 0.294. The van der Waals surface area contributed by atoms with Gasteiger partial charge in [-0.3, -0.25) is 4.98 Å². The monoisotopic (exact) mass is 282 g/mol. The Morgan fingerprint density at radius 1 is 1.29 bits per heavy atom. The maximum atomic E-state index is 11.4. The van der Waals surface area contributed by atoms with Crippen LogP contribution in [0.25, 0.3) is 0 Å². The maximum absolute atomic E-state index is 11.4. The number of carboxylic acid groups (broad SMARTS) is 1. The molecule has 108 valence electrons. The van der Waals surface area contributed by atoms with E-state index in [9.17, 15) is 9.90 Å². The molecule has 0 atom stereocenters. The van der Waals surface area contributed by atoms with Crippen LogP contribution in [0.15, 0.2) is 36.5 Å². The van der Waals surface area contributed by atoms with Gasteiger partial charge in [0.15, 0.2) is 0 Å². The van der Waals surface area contributed by atoms with Crippen LogP contribution in [0.3, 0.4) is 0 Å². The first-order valence-corrected chi connectivity index (χ1v) is 7.17. The van der Waals surface area contributed by atoms with Gasteiger partial charge in [0.05, 0.1) is 5.69 Å². The Morgan fingerprint density at radius 2 is 2.05 bits per heavy atom. The number of fused-ring (bicyclic) bond motifs is 1. The van der Waals surface area contributed by atoms with Crippen LogP contribution in [0.5, 0.6) is 0 Å². The van der Waals surface area contributed by atoms with Crippen molar-refractivity contribution in [2.75, 3.05) is 11.4 Å². The summed E-state index contributed by atoms with van der Waals surface area (Å²) in [7, 11) is 0. The molecule has 0 bridgehead atoms. The van der Waals surface area contributed by atoms with Gasteiger partial charge >= 0.3 is 5.97 Å². The summed E-state index contributed by atoms with van der Waals surface area (Å²) in [4.78, 5) is 17.7. The van der Waals surface area contributed by atoms with Crippen LogP contribution in [0.4, 0.5) is 5.69 Å².